The van der Waals surface area contributed by atoms with Crippen LogP contribution in [0.15, 0.2) is 18.2 Å². The van der Waals surface area contributed by atoms with Crippen molar-refractivity contribution in [2.75, 3.05) is 18.1 Å². The van der Waals surface area contributed by atoms with E-state index in [9.17, 15) is 4.39 Å². The van der Waals surface area contributed by atoms with E-state index in [0.717, 1.165) is 13.0 Å². The van der Waals surface area contributed by atoms with Crippen molar-refractivity contribution in [3.63, 3.8) is 0 Å². The lowest BCUT2D eigenvalue weighted by Crippen LogP contribution is -2.09. The molecule has 0 amide bonds. The molecule has 0 radical (unpaired) electrons. The molecule has 0 fully saturated rings. The zero-order valence-corrected chi connectivity index (χ0v) is 10.3. The van der Waals surface area contributed by atoms with Crippen LogP contribution in [0.2, 0.25) is 0 Å². The topological polar surface area (TPSA) is 35.8 Å². The summed E-state index contributed by atoms with van der Waals surface area (Å²) in [4.78, 5) is 0. The van der Waals surface area contributed by atoms with Crippen molar-refractivity contribution in [3.8, 4) is 6.07 Å². The Kier molecular flexibility index (Phi) is 5.13. The van der Waals surface area contributed by atoms with Gasteiger partial charge in [-0.1, -0.05) is 13.0 Å². The van der Waals surface area contributed by atoms with Gasteiger partial charge in [0.1, 0.15) is 17.4 Å². The van der Waals surface area contributed by atoms with Crippen molar-refractivity contribution >= 4 is 17.4 Å². The fourth-order valence-electron chi connectivity index (χ4n) is 1.31. The fraction of sp³-hybridized carbons (Fsp3) is 0.417. The second kappa shape index (κ2) is 6.39. The van der Waals surface area contributed by atoms with Crippen LogP contribution in [0, 0.1) is 17.1 Å². The van der Waals surface area contributed by atoms with Gasteiger partial charge in [-0.25, -0.2) is 4.39 Å². The van der Waals surface area contributed by atoms with Crippen LogP contribution in [0.1, 0.15) is 18.9 Å². The third-order valence-electron chi connectivity index (χ3n) is 2.39. The maximum absolute atomic E-state index is 13.2. The van der Waals surface area contributed by atoms with Gasteiger partial charge in [0.15, 0.2) is 0 Å². The number of hydrogen-bond donors (Lipinski definition) is 1. The summed E-state index contributed by atoms with van der Waals surface area (Å²) in [6.07, 6.45) is 3.05. The van der Waals surface area contributed by atoms with E-state index >= 15 is 0 Å². The van der Waals surface area contributed by atoms with E-state index in [1.54, 1.807) is 23.9 Å². The van der Waals surface area contributed by atoms with Crippen LogP contribution in [0.4, 0.5) is 10.1 Å². The largest absolute Gasteiger partial charge is 0.384 e. The van der Waals surface area contributed by atoms with E-state index in [1.165, 1.54) is 6.07 Å². The Hall–Kier alpha value is -1.21. The summed E-state index contributed by atoms with van der Waals surface area (Å²) in [5.74, 6) is -0.467. The van der Waals surface area contributed by atoms with Crippen molar-refractivity contribution in [1.29, 1.82) is 5.26 Å². The summed E-state index contributed by atoms with van der Waals surface area (Å²) >= 11 is 1.79. The van der Waals surface area contributed by atoms with Gasteiger partial charge in [-0.05, 0) is 24.8 Å². The Balaban J connectivity index is 2.61. The molecule has 2 nitrogen and oxygen atoms in total. The normalized spacial score (nSPS) is 11.9. The first-order valence-corrected chi connectivity index (χ1v) is 6.43. The SMILES string of the molecule is CSC(C)CCNc1cccc(F)c1C#N. The van der Waals surface area contributed by atoms with Gasteiger partial charge < -0.3 is 5.32 Å². The zero-order chi connectivity index (χ0) is 12.0. The molecule has 4 heteroatoms. The van der Waals surface area contributed by atoms with E-state index in [0.29, 0.717) is 10.9 Å². The Morgan fingerprint density at radius 3 is 2.94 bits per heavy atom. The number of rotatable bonds is 5. The first kappa shape index (κ1) is 12.9. The number of benzene rings is 1. The van der Waals surface area contributed by atoms with Crippen LogP contribution in [-0.4, -0.2) is 18.1 Å². The molecule has 0 bridgehead atoms. The molecule has 0 heterocycles. The van der Waals surface area contributed by atoms with Crippen molar-refractivity contribution in [2.45, 2.75) is 18.6 Å². The molecule has 0 aromatic heterocycles. The standard InChI is InChI=1S/C12H15FN2S/c1-9(16-2)6-7-15-12-5-3-4-11(13)10(12)8-14/h3-5,9,15H,6-7H2,1-2H3. The number of hydrogen-bond acceptors (Lipinski definition) is 3. The number of halogens is 1. The molecule has 0 aliphatic heterocycles. The third-order valence-corrected chi connectivity index (χ3v) is 3.43. The number of nitrogens with zero attached hydrogens (tertiary/aromatic N) is 1. The molecule has 0 aliphatic carbocycles. The van der Waals surface area contributed by atoms with Gasteiger partial charge in [0.05, 0.1) is 5.69 Å². The summed E-state index contributed by atoms with van der Waals surface area (Å²) in [6.45, 7) is 2.89. The van der Waals surface area contributed by atoms with E-state index < -0.39 is 5.82 Å². The van der Waals surface area contributed by atoms with E-state index in [4.69, 9.17) is 5.26 Å². The second-order valence-corrected chi connectivity index (χ2v) is 4.81. The molecule has 0 saturated carbocycles. The van der Waals surface area contributed by atoms with Crippen molar-refractivity contribution in [3.05, 3.63) is 29.6 Å². The Morgan fingerprint density at radius 1 is 1.56 bits per heavy atom. The first-order valence-electron chi connectivity index (χ1n) is 5.14. The smallest absolute Gasteiger partial charge is 0.143 e. The number of thioether (sulfide) groups is 1. The van der Waals surface area contributed by atoms with Gasteiger partial charge in [0, 0.05) is 11.8 Å². The van der Waals surface area contributed by atoms with Gasteiger partial charge >= 0.3 is 0 Å². The molecule has 0 saturated heterocycles. The summed E-state index contributed by atoms with van der Waals surface area (Å²) in [6, 6.07) is 6.51. The molecule has 0 aliphatic rings. The minimum absolute atomic E-state index is 0.0966. The van der Waals surface area contributed by atoms with Gasteiger partial charge in [0.2, 0.25) is 0 Å². The Labute approximate surface area is 99.9 Å². The molecule has 1 rings (SSSR count). The van der Waals surface area contributed by atoms with Gasteiger partial charge in [-0.15, -0.1) is 0 Å². The molecule has 0 spiro atoms. The van der Waals surface area contributed by atoms with Crippen LogP contribution in [0.5, 0.6) is 0 Å². The molecule has 1 aromatic carbocycles. The third kappa shape index (κ3) is 3.42. The predicted octanol–water partition coefficient (Wildman–Crippen LogP) is 3.25. The monoisotopic (exact) mass is 238 g/mol. The molecule has 1 atom stereocenters. The van der Waals surface area contributed by atoms with Crippen LogP contribution in [-0.2, 0) is 0 Å². The maximum Gasteiger partial charge on any atom is 0.143 e. The summed E-state index contributed by atoms with van der Waals surface area (Å²) < 4.78 is 13.2. The van der Waals surface area contributed by atoms with E-state index in [1.807, 2.05) is 6.07 Å². The highest BCUT2D eigenvalue weighted by Gasteiger charge is 2.07. The molecule has 86 valence electrons. The molecular formula is C12H15FN2S. The van der Waals surface area contributed by atoms with Gasteiger partial charge in [-0.2, -0.15) is 17.0 Å². The number of nitriles is 1. The van der Waals surface area contributed by atoms with E-state index in [-0.39, 0.29) is 5.56 Å². The highest BCUT2D eigenvalue weighted by atomic mass is 32.2. The minimum atomic E-state index is -0.467. The van der Waals surface area contributed by atoms with Gasteiger partial charge in [0.25, 0.3) is 0 Å². The highest BCUT2D eigenvalue weighted by Crippen LogP contribution is 2.18. The Bertz CT molecular complexity index is 387. The summed E-state index contributed by atoms with van der Waals surface area (Å²) in [5, 5.41) is 12.5. The first-order chi connectivity index (χ1) is 7.69. The predicted molar refractivity (Wildman–Crippen MR) is 67.2 cm³/mol. The van der Waals surface area contributed by atoms with Crippen LogP contribution in [0.25, 0.3) is 0 Å². The molecule has 1 aromatic rings. The molecule has 16 heavy (non-hydrogen) atoms. The van der Waals surface area contributed by atoms with Crippen LogP contribution >= 0.6 is 11.8 Å². The number of anilines is 1. The average Bonchev–Trinajstić information content (AvgIpc) is 2.29. The summed E-state index contributed by atoms with van der Waals surface area (Å²) in [7, 11) is 0. The molecule has 1 N–H and O–H groups in total. The van der Waals surface area contributed by atoms with Crippen LogP contribution < -0.4 is 5.32 Å². The average molecular weight is 238 g/mol. The van der Waals surface area contributed by atoms with Crippen molar-refractivity contribution < 1.29 is 4.39 Å². The summed E-state index contributed by atoms with van der Waals surface area (Å²) in [5.41, 5.74) is 0.676. The molecule has 1 unspecified atom stereocenters. The van der Waals surface area contributed by atoms with Crippen molar-refractivity contribution in [2.24, 2.45) is 0 Å². The highest BCUT2D eigenvalue weighted by molar-refractivity contribution is 7.99. The quantitative estimate of drug-likeness (QED) is 0.855. The zero-order valence-electron chi connectivity index (χ0n) is 9.46. The van der Waals surface area contributed by atoms with Crippen LogP contribution in [0.3, 0.4) is 0 Å². The lowest BCUT2D eigenvalue weighted by atomic mass is 10.2. The van der Waals surface area contributed by atoms with Crippen molar-refractivity contribution in [1.82, 2.24) is 0 Å². The second-order valence-electron chi connectivity index (χ2n) is 3.54. The van der Waals surface area contributed by atoms with Gasteiger partial charge in [-0.3, -0.25) is 0 Å². The lowest BCUT2D eigenvalue weighted by Gasteiger charge is -2.11. The Morgan fingerprint density at radius 2 is 2.31 bits per heavy atom. The molecular weight excluding hydrogens is 223 g/mol. The number of nitrogens with one attached hydrogen (secondary N) is 1. The lowest BCUT2D eigenvalue weighted by molar-refractivity contribution is 0.624. The minimum Gasteiger partial charge on any atom is -0.384 e. The fourth-order valence-corrected chi connectivity index (χ4v) is 1.67. The van der Waals surface area contributed by atoms with E-state index in [2.05, 4.69) is 18.5 Å². The maximum atomic E-state index is 13.2.